The molecule has 5 heteroatoms. The Morgan fingerprint density at radius 1 is 1.42 bits per heavy atom. The molecular formula is C14H17BrN2O2. The van der Waals surface area contributed by atoms with Crippen LogP contribution in [0.3, 0.4) is 0 Å². The Hall–Kier alpha value is -1.25. The van der Waals surface area contributed by atoms with Crippen LogP contribution in [0.15, 0.2) is 16.6 Å². The zero-order chi connectivity index (χ0) is 13.7. The number of nitrogens with zero attached hydrogens (tertiary/aromatic N) is 1. The van der Waals surface area contributed by atoms with Crippen LogP contribution in [0.25, 0.3) is 0 Å². The number of ether oxygens (including phenoxy) is 2. The number of rotatable bonds is 4. The Morgan fingerprint density at radius 2 is 2.21 bits per heavy atom. The minimum Gasteiger partial charge on any atom is -0.490 e. The highest BCUT2D eigenvalue weighted by Crippen LogP contribution is 2.39. The van der Waals surface area contributed by atoms with Crippen molar-refractivity contribution in [3.8, 4) is 17.6 Å². The molecule has 1 aromatic carbocycles. The Kier molecular flexibility index (Phi) is 5.06. The summed E-state index contributed by atoms with van der Waals surface area (Å²) in [5.74, 6) is 1.44. The van der Waals surface area contributed by atoms with E-state index in [0.29, 0.717) is 19.0 Å². The third kappa shape index (κ3) is 3.40. The van der Waals surface area contributed by atoms with Gasteiger partial charge in [-0.2, -0.15) is 5.26 Å². The van der Waals surface area contributed by atoms with E-state index in [2.05, 4.69) is 34.2 Å². The first-order valence-electron chi connectivity index (χ1n) is 6.48. The van der Waals surface area contributed by atoms with E-state index in [1.807, 2.05) is 12.1 Å². The van der Waals surface area contributed by atoms with E-state index in [4.69, 9.17) is 9.47 Å². The van der Waals surface area contributed by atoms with Crippen molar-refractivity contribution in [1.29, 1.82) is 5.26 Å². The van der Waals surface area contributed by atoms with Gasteiger partial charge in [0.25, 0.3) is 0 Å². The van der Waals surface area contributed by atoms with Gasteiger partial charge in [-0.1, -0.05) is 6.92 Å². The maximum absolute atomic E-state index is 9.26. The smallest absolute Gasteiger partial charge is 0.175 e. The summed E-state index contributed by atoms with van der Waals surface area (Å²) >= 11 is 3.49. The summed E-state index contributed by atoms with van der Waals surface area (Å²) in [5.41, 5.74) is 0.895. The van der Waals surface area contributed by atoms with Crippen LogP contribution in [-0.2, 0) is 0 Å². The van der Waals surface area contributed by atoms with Gasteiger partial charge in [-0.15, -0.1) is 0 Å². The zero-order valence-electron chi connectivity index (χ0n) is 10.9. The van der Waals surface area contributed by atoms with Gasteiger partial charge in [-0.25, -0.2) is 0 Å². The summed E-state index contributed by atoms with van der Waals surface area (Å²) in [6.07, 6.45) is 1.86. The fourth-order valence-corrected chi connectivity index (χ4v) is 2.52. The molecule has 19 heavy (non-hydrogen) atoms. The molecule has 4 nitrogen and oxygen atoms in total. The van der Waals surface area contributed by atoms with E-state index >= 15 is 0 Å². The summed E-state index contributed by atoms with van der Waals surface area (Å²) in [6, 6.07) is 5.76. The van der Waals surface area contributed by atoms with Crippen LogP contribution < -0.4 is 14.8 Å². The summed E-state index contributed by atoms with van der Waals surface area (Å²) in [5, 5.41) is 12.5. The van der Waals surface area contributed by atoms with Gasteiger partial charge in [0.2, 0.25) is 0 Å². The van der Waals surface area contributed by atoms with Crippen molar-refractivity contribution in [2.45, 2.75) is 25.8 Å². The molecular weight excluding hydrogens is 308 g/mol. The summed E-state index contributed by atoms with van der Waals surface area (Å²) in [6.45, 7) is 4.18. The quantitative estimate of drug-likeness (QED) is 0.924. The van der Waals surface area contributed by atoms with E-state index in [0.717, 1.165) is 35.2 Å². The average Bonchev–Trinajstić information content (AvgIpc) is 2.65. The maximum Gasteiger partial charge on any atom is 0.175 e. The average molecular weight is 325 g/mol. The first-order chi connectivity index (χ1) is 9.26. The second-order valence-corrected chi connectivity index (χ2v) is 5.25. The molecule has 0 spiro atoms. The van der Waals surface area contributed by atoms with Gasteiger partial charge < -0.3 is 9.47 Å². The molecule has 2 rings (SSSR count). The van der Waals surface area contributed by atoms with Crippen LogP contribution >= 0.6 is 15.9 Å². The van der Waals surface area contributed by atoms with Crippen LogP contribution in [0, 0.1) is 11.3 Å². The highest BCUT2D eigenvalue weighted by molar-refractivity contribution is 9.10. The van der Waals surface area contributed by atoms with Crippen molar-refractivity contribution in [2.24, 2.45) is 0 Å². The van der Waals surface area contributed by atoms with E-state index < -0.39 is 0 Å². The third-order valence-corrected chi connectivity index (χ3v) is 3.47. The number of nitriles is 1. The largest absolute Gasteiger partial charge is 0.490 e. The van der Waals surface area contributed by atoms with Crippen molar-refractivity contribution < 1.29 is 9.47 Å². The van der Waals surface area contributed by atoms with Gasteiger partial charge in [0.15, 0.2) is 11.5 Å². The molecule has 0 fully saturated rings. The molecule has 0 radical (unpaired) electrons. The topological polar surface area (TPSA) is 54.3 Å². The maximum atomic E-state index is 9.26. The summed E-state index contributed by atoms with van der Waals surface area (Å²) in [4.78, 5) is 0. The van der Waals surface area contributed by atoms with Gasteiger partial charge in [0.05, 0.1) is 23.8 Å². The standard InChI is InChI=1S/C14H17BrN2O2/c1-2-4-17-12(9-16)10-7-11(15)14-13(8-10)18-5-3-6-19-14/h7-8,12,17H,2-6H2,1H3. The monoisotopic (exact) mass is 324 g/mol. The minimum atomic E-state index is -0.326. The number of nitrogens with one attached hydrogen (secondary N) is 1. The third-order valence-electron chi connectivity index (χ3n) is 2.89. The Morgan fingerprint density at radius 3 is 2.95 bits per heavy atom. The van der Waals surface area contributed by atoms with Crippen molar-refractivity contribution in [3.05, 3.63) is 22.2 Å². The number of hydrogen-bond acceptors (Lipinski definition) is 4. The molecule has 1 aromatic rings. The van der Waals surface area contributed by atoms with Gasteiger partial charge in [0, 0.05) is 6.42 Å². The van der Waals surface area contributed by atoms with Crippen LogP contribution in [0.5, 0.6) is 11.5 Å². The van der Waals surface area contributed by atoms with Gasteiger partial charge in [0.1, 0.15) is 6.04 Å². The fraction of sp³-hybridized carbons (Fsp3) is 0.500. The first-order valence-corrected chi connectivity index (χ1v) is 7.27. The predicted molar refractivity (Wildman–Crippen MR) is 76.4 cm³/mol. The highest BCUT2D eigenvalue weighted by Gasteiger charge is 2.19. The number of halogens is 1. The molecule has 0 aliphatic carbocycles. The lowest BCUT2D eigenvalue weighted by atomic mass is 10.1. The SMILES string of the molecule is CCCNC(C#N)c1cc(Br)c2c(c1)OCCCO2. The lowest BCUT2D eigenvalue weighted by Gasteiger charge is -2.15. The number of benzene rings is 1. The zero-order valence-corrected chi connectivity index (χ0v) is 12.5. The summed E-state index contributed by atoms with van der Waals surface area (Å²) < 4.78 is 12.2. The van der Waals surface area contributed by atoms with E-state index in [1.165, 1.54) is 0 Å². The molecule has 102 valence electrons. The lowest BCUT2D eigenvalue weighted by molar-refractivity contribution is 0.296. The predicted octanol–water partition coefficient (Wildman–Crippen LogP) is 3.17. The second-order valence-electron chi connectivity index (χ2n) is 4.40. The molecule has 1 aliphatic rings. The normalized spacial score (nSPS) is 15.4. The molecule has 0 amide bonds. The lowest BCUT2D eigenvalue weighted by Crippen LogP contribution is -2.20. The Bertz CT molecular complexity index is 485. The van der Waals surface area contributed by atoms with Gasteiger partial charge >= 0.3 is 0 Å². The first kappa shape index (κ1) is 14.2. The van der Waals surface area contributed by atoms with Crippen LogP contribution in [0.2, 0.25) is 0 Å². The molecule has 1 N–H and O–H groups in total. The van der Waals surface area contributed by atoms with E-state index in [-0.39, 0.29) is 6.04 Å². The molecule has 1 atom stereocenters. The van der Waals surface area contributed by atoms with Gasteiger partial charge in [-0.05, 0) is 46.6 Å². The van der Waals surface area contributed by atoms with E-state index in [9.17, 15) is 5.26 Å². The fourth-order valence-electron chi connectivity index (χ4n) is 1.94. The molecule has 0 aromatic heterocycles. The summed E-state index contributed by atoms with van der Waals surface area (Å²) in [7, 11) is 0. The number of hydrogen-bond donors (Lipinski definition) is 1. The Balaban J connectivity index is 2.29. The minimum absolute atomic E-state index is 0.326. The van der Waals surface area contributed by atoms with E-state index in [1.54, 1.807) is 0 Å². The number of fused-ring (bicyclic) bond motifs is 1. The highest BCUT2D eigenvalue weighted by atomic mass is 79.9. The second kappa shape index (κ2) is 6.78. The van der Waals surface area contributed by atoms with Crippen molar-refractivity contribution >= 4 is 15.9 Å². The van der Waals surface area contributed by atoms with Crippen LogP contribution in [-0.4, -0.2) is 19.8 Å². The van der Waals surface area contributed by atoms with Crippen molar-refractivity contribution in [3.63, 3.8) is 0 Å². The van der Waals surface area contributed by atoms with Crippen LogP contribution in [0.4, 0.5) is 0 Å². The molecule has 0 bridgehead atoms. The van der Waals surface area contributed by atoms with Crippen LogP contribution in [0.1, 0.15) is 31.4 Å². The molecule has 0 saturated heterocycles. The molecule has 1 aliphatic heterocycles. The molecule has 1 unspecified atom stereocenters. The molecule has 0 saturated carbocycles. The van der Waals surface area contributed by atoms with Gasteiger partial charge in [-0.3, -0.25) is 5.32 Å². The van der Waals surface area contributed by atoms with Crippen molar-refractivity contribution in [2.75, 3.05) is 19.8 Å². The molecule has 1 heterocycles. The van der Waals surface area contributed by atoms with Crippen molar-refractivity contribution in [1.82, 2.24) is 5.32 Å². The Labute approximate surface area is 121 Å².